The second-order valence-electron chi connectivity index (χ2n) is 2.96. The van der Waals surface area contributed by atoms with E-state index in [1.165, 1.54) is 11.4 Å². The summed E-state index contributed by atoms with van der Waals surface area (Å²) in [7, 11) is 0. The third kappa shape index (κ3) is 0.664. The van der Waals surface area contributed by atoms with E-state index >= 15 is 0 Å². The Balaban J connectivity index is 2.15. The molecular formula is C8H8N4. The van der Waals surface area contributed by atoms with Gasteiger partial charge in [-0.25, -0.2) is 0 Å². The predicted molar refractivity (Wildman–Crippen MR) is 42.7 cm³/mol. The van der Waals surface area contributed by atoms with Crippen LogP contribution in [0.4, 0.5) is 0 Å². The summed E-state index contributed by atoms with van der Waals surface area (Å²) in [6, 6.07) is 4.06. The summed E-state index contributed by atoms with van der Waals surface area (Å²) in [6.07, 6.45) is 3.67. The number of aromatic nitrogens is 4. The van der Waals surface area contributed by atoms with Gasteiger partial charge in [-0.15, -0.1) is 0 Å². The molecule has 4 nitrogen and oxygen atoms in total. The average molecular weight is 160 g/mol. The average Bonchev–Trinajstić information content (AvgIpc) is 2.64. The van der Waals surface area contributed by atoms with E-state index in [1.807, 2.05) is 33.9 Å². The Kier molecular flexibility index (Phi) is 0.983. The normalized spacial score (nSPS) is 14.0. The molecule has 0 aliphatic carbocycles. The largest absolute Gasteiger partial charge is 0.262 e. The lowest BCUT2D eigenvalue weighted by atomic mass is 10.3. The van der Waals surface area contributed by atoms with E-state index < -0.39 is 0 Å². The molecule has 12 heavy (non-hydrogen) atoms. The van der Waals surface area contributed by atoms with Gasteiger partial charge in [-0.2, -0.15) is 10.2 Å². The maximum Gasteiger partial charge on any atom is 0.0832 e. The van der Waals surface area contributed by atoms with E-state index in [9.17, 15) is 0 Å². The highest BCUT2D eigenvalue weighted by molar-refractivity contribution is 5.12. The zero-order valence-electron chi connectivity index (χ0n) is 6.51. The highest BCUT2D eigenvalue weighted by Gasteiger charge is 2.13. The molecule has 0 N–H and O–H groups in total. The number of fused-ring (bicyclic) bond motifs is 2. The van der Waals surface area contributed by atoms with Gasteiger partial charge in [-0.1, -0.05) is 0 Å². The van der Waals surface area contributed by atoms with E-state index in [0.29, 0.717) is 0 Å². The zero-order chi connectivity index (χ0) is 7.97. The van der Waals surface area contributed by atoms with Crippen molar-refractivity contribution in [3.05, 3.63) is 35.9 Å². The van der Waals surface area contributed by atoms with Crippen LogP contribution in [0.3, 0.4) is 0 Å². The summed E-state index contributed by atoms with van der Waals surface area (Å²) < 4.78 is 4.02. The maximum atomic E-state index is 4.21. The van der Waals surface area contributed by atoms with Crippen LogP contribution in [0.2, 0.25) is 0 Å². The first kappa shape index (κ1) is 5.99. The van der Waals surface area contributed by atoms with Crippen molar-refractivity contribution in [2.45, 2.75) is 13.1 Å². The summed E-state index contributed by atoms with van der Waals surface area (Å²) in [5.74, 6) is 0. The number of rotatable bonds is 0. The first-order chi connectivity index (χ1) is 5.93. The van der Waals surface area contributed by atoms with Crippen LogP contribution in [0.5, 0.6) is 0 Å². The number of hydrogen-bond donors (Lipinski definition) is 0. The van der Waals surface area contributed by atoms with Gasteiger partial charge in [0.1, 0.15) is 0 Å². The van der Waals surface area contributed by atoms with Crippen molar-refractivity contribution in [3.8, 4) is 0 Å². The van der Waals surface area contributed by atoms with Gasteiger partial charge in [-0.3, -0.25) is 9.36 Å². The van der Waals surface area contributed by atoms with Crippen molar-refractivity contribution >= 4 is 0 Å². The Morgan fingerprint density at radius 3 is 1.92 bits per heavy atom. The molecule has 0 saturated carbocycles. The molecule has 0 radical (unpaired) electrons. The van der Waals surface area contributed by atoms with Crippen molar-refractivity contribution in [3.63, 3.8) is 0 Å². The third-order valence-electron chi connectivity index (χ3n) is 2.23. The van der Waals surface area contributed by atoms with Crippen LogP contribution in [0.1, 0.15) is 11.4 Å². The standard InChI is InChI=1S/C8H8N4/c1-3-9-11-6-8-2-4-10-12(8)5-7(1)11/h1-4H,5-6H2. The van der Waals surface area contributed by atoms with Crippen molar-refractivity contribution in [2.24, 2.45) is 0 Å². The van der Waals surface area contributed by atoms with Gasteiger partial charge in [0.25, 0.3) is 0 Å². The van der Waals surface area contributed by atoms with Gasteiger partial charge in [0, 0.05) is 12.4 Å². The predicted octanol–water partition coefficient (Wildman–Crippen LogP) is 0.490. The molecule has 0 aromatic carbocycles. The van der Waals surface area contributed by atoms with Crippen molar-refractivity contribution in [2.75, 3.05) is 0 Å². The Morgan fingerprint density at radius 2 is 1.42 bits per heavy atom. The Bertz CT molecular complexity index is 339. The van der Waals surface area contributed by atoms with E-state index in [1.54, 1.807) is 0 Å². The van der Waals surface area contributed by atoms with Gasteiger partial charge < -0.3 is 0 Å². The summed E-state index contributed by atoms with van der Waals surface area (Å²) in [5.41, 5.74) is 2.46. The molecule has 1 aliphatic rings. The topological polar surface area (TPSA) is 35.6 Å². The quantitative estimate of drug-likeness (QED) is 0.479. The molecule has 2 aromatic rings. The lowest BCUT2D eigenvalue weighted by molar-refractivity contribution is 0.506. The molecule has 3 rings (SSSR count). The molecule has 0 atom stereocenters. The molecule has 3 heterocycles. The molecule has 0 spiro atoms. The maximum absolute atomic E-state index is 4.21. The molecule has 0 amide bonds. The van der Waals surface area contributed by atoms with Gasteiger partial charge in [-0.05, 0) is 12.1 Å². The van der Waals surface area contributed by atoms with Crippen LogP contribution in [0.15, 0.2) is 24.5 Å². The Hall–Kier alpha value is -1.58. The van der Waals surface area contributed by atoms with E-state index in [2.05, 4.69) is 10.2 Å². The molecule has 0 unspecified atom stereocenters. The van der Waals surface area contributed by atoms with Crippen molar-refractivity contribution < 1.29 is 0 Å². The summed E-state index contributed by atoms with van der Waals surface area (Å²) in [6.45, 7) is 1.70. The molecule has 0 saturated heterocycles. The minimum Gasteiger partial charge on any atom is -0.262 e. The second-order valence-corrected chi connectivity index (χ2v) is 2.96. The molecule has 60 valence electrons. The van der Waals surface area contributed by atoms with Gasteiger partial charge in [0.05, 0.1) is 24.5 Å². The van der Waals surface area contributed by atoms with Crippen molar-refractivity contribution in [1.82, 2.24) is 19.6 Å². The lowest BCUT2D eigenvalue weighted by Crippen LogP contribution is -2.19. The molecular weight excluding hydrogens is 152 g/mol. The molecule has 0 fully saturated rings. The van der Waals surface area contributed by atoms with Crippen LogP contribution < -0.4 is 0 Å². The van der Waals surface area contributed by atoms with E-state index in [0.717, 1.165) is 13.1 Å². The first-order valence-corrected chi connectivity index (χ1v) is 3.95. The summed E-state index contributed by atoms with van der Waals surface area (Å²) in [4.78, 5) is 0. The second kappa shape index (κ2) is 1.97. The fourth-order valence-corrected chi connectivity index (χ4v) is 1.58. The lowest BCUT2D eigenvalue weighted by Gasteiger charge is -2.15. The van der Waals surface area contributed by atoms with Crippen LogP contribution >= 0.6 is 0 Å². The molecule has 0 bridgehead atoms. The highest BCUT2D eigenvalue weighted by Crippen LogP contribution is 2.13. The number of nitrogens with zero attached hydrogens (tertiary/aromatic N) is 4. The Labute approximate surface area is 69.4 Å². The van der Waals surface area contributed by atoms with Gasteiger partial charge in [0.2, 0.25) is 0 Å². The Morgan fingerprint density at radius 1 is 0.917 bits per heavy atom. The molecule has 1 aliphatic heterocycles. The fourth-order valence-electron chi connectivity index (χ4n) is 1.58. The van der Waals surface area contributed by atoms with Crippen LogP contribution in [0, 0.1) is 0 Å². The first-order valence-electron chi connectivity index (χ1n) is 3.95. The smallest absolute Gasteiger partial charge is 0.0832 e. The highest BCUT2D eigenvalue weighted by atomic mass is 15.4. The monoisotopic (exact) mass is 160 g/mol. The molecule has 2 aromatic heterocycles. The van der Waals surface area contributed by atoms with Gasteiger partial charge in [0.15, 0.2) is 0 Å². The minimum absolute atomic E-state index is 0.850. The molecule has 4 heteroatoms. The minimum atomic E-state index is 0.850. The van der Waals surface area contributed by atoms with E-state index in [-0.39, 0.29) is 0 Å². The fraction of sp³-hybridized carbons (Fsp3) is 0.250. The van der Waals surface area contributed by atoms with Crippen LogP contribution in [-0.4, -0.2) is 19.6 Å². The van der Waals surface area contributed by atoms with Gasteiger partial charge >= 0.3 is 0 Å². The van der Waals surface area contributed by atoms with Crippen LogP contribution in [-0.2, 0) is 13.1 Å². The summed E-state index contributed by atoms with van der Waals surface area (Å²) in [5, 5.41) is 8.42. The van der Waals surface area contributed by atoms with Crippen molar-refractivity contribution in [1.29, 1.82) is 0 Å². The third-order valence-corrected chi connectivity index (χ3v) is 2.23. The zero-order valence-corrected chi connectivity index (χ0v) is 6.51. The number of hydrogen-bond acceptors (Lipinski definition) is 2. The summed E-state index contributed by atoms with van der Waals surface area (Å²) >= 11 is 0. The van der Waals surface area contributed by atoms with Crippen LogP contribution in [0.25, 0.3) is 0 Å². The van der Waals surface area contributed by atoms with E-state index in [4.69, 9.17) is 0 Å². The SMILES string of the molecule is c1cc2n(n1)Cc1ccnn1C2.